The number of nitrogens with two attached hydrogens (primary N) is 1. The molecule has 18 heavy (non-hydrogen) atoms. The average Bonchev–Trinajstić information content (AvgIpc) is 2.09. The topological polar surface area (TPSA) is 113 Å². The third-order valence-electron chi connectivity index (χ3n) is 2.25. The highest BCUT2D eigenvalue weighted by atomic mass is 16.4. The minimum atomic E-state index is -1.01. The van der Waals surface area contributed by atoms with E-state index < -0.39 is 23.4 Å². The van der Waals surface area contributed by atoms with Crippen LogP contribution in [-0.4, -0.2) is 46.0 Å². The molecule has 7 heteroatoms. The number of nitrogens with one attached hydrogen (secondary N) is 1. The molecule has 0 aromatic carbocycles. The van der Waals surface area contributed by atoms with E-state index in [-0.39, 0.29) is 19.0 Å². The highest BCUT2D eigenvalue weighted by molar-refractivity contribution is 5.83. The van der Waals surface area contributed by atoms with E-state index in [0.29, 0.717) is 0 Å². The number of urea groups is 1. The van der Waals surface area contributed by atoms with Crippen LogP contribution in [-0.2, 0) is 9.59 Å². The number of carboxylic acid groups (broad SMARTS) is 1. The first-order valence-electron chi connectivity index (χ1n) is 5.64. The van der Waals surface area contributed by atoms with Crippen molar-refractivity contribution >= 4 is 17.9 Å². The molecule has 0 aromatic rings. The van der Waals surface area contributed by atoms with E-state index in [9.17, 15) is 14.4 Å². The van der Waals surface area contributed by atoms with Crippen LogP contribution in [0, 0.1) is 0 Å². The maximum absolute atomic E-state index is 11.9. The van der Waals surface area contributed by atoms with E-state index in [1.165, 1.54) is 4.90 Å². The van der Waals surface area contributed by atoms with Crippen molar-refractivity contribution in [2.75, 3.05) is 6.54 Å². The monoisotopic (exact) mass is 259 g/mol. The second-order valence-electron chi connectivity index (χ2n) is 5.07. The zero-order valence-electron chi connectivity index (χ0n) is 11.2. The number of nitrogens with zero attached hydrogens (tertiary/aromatic N) is 1. The van der Waals surface area contributed by atoms with E-state index in [2.05, 4.69) is 5.32 Å². The molecule has 0 saturated carbocycles. The van der Waals surface area contributed by atoms with Crippen LogP contribution in [0.2, 0.25) is 0 Å². The average molecular weight is 259 g/mol. The van der Waals surface area contributed by atoms with Gasteiger partial charge in [0.1, 0.15) is 6.54 Å². The van der Waals surface area contributed by atoms with Crippen molar-refractivity contribution in [3.8, 4) is 0 Å². The summed E-state index contributed by atoms with van der Waals surface area (Å²) in [5.74, 6) is -1.62. The van der Waals surface area contributed by atoms with Crippen molar-refractivity contribution in [1.82, 2.24) is 10.2 Å². The molecule has 0 fully saturated rings. The van der Waals surface area contributed by atoms with Gasteiger partial charge in [0, 0.05) is 11.6 Å². The number of hydrogen-bond donors (Lipinski definition) is 3. The van der Waals surface area contributed by atoms with Crippen LogP contribution in [0.25, 0.3) is 0 Å². The molecule has 0 radical (unpaired) electrons. The van der Waals surface area contributed by atoms with Gasteiger partial charge in [-0.15, -0.1) is 0 Å². The fourth-order valence-corrected chi connectivity index (χ4v) is 1.44. The standard InChI is InChI=1S/C11H21N3O4/c1-7(2)14(6-8(12)15)10(18)13-11(3,4)5-9(16)17/h7H,5-6H2,1-4H3,(H2,12,15)(H,13,18)(H,16,17). The van der Waals surface area contributed by atoms with Crippen LogP contribution in [0.4, 0.5) is 4.79 Å². The summed E-state index contributed by atoms with van der Waals surface area (Å²) in [6, 6.07) is -0.715. The van der Waals surface area contributed by atoms with Gasteiger partial charge in [0.2, 0.25) is 5.91 Å². The molecule has 0 bridgehead atoms. The maximum Gasteiger partial charge on any atom is 0.318 e. The molecule has 3 amide bonds. The Morgan fingerprint density at radius 3 is 2.17 bits per heavy atom. The first kappa shape index (κ1) is 16.2. The number of carbonyl (C=O) groups excluding carboxylic acids is 2. The van der Waals surface area contributed by atoms with E-state index >= 15 is 0 Å². The Morgan fingerprint density at radius 2 is 1.83 bits per heavy atom. The van der Waals surface area contributed by atoms with E-state index in [1.54, 1.807) is 27.7 Å². The van der Waals surface area contributed by atoms with Crippen LogP contribution in [0.15, 0.2) is 0 Å². The van der Waals surface area contributed by atoms with Crippen LogP contribution < -0.4 is 11.1 Å². The summed E-state index contributed by atoms with van der Waals surface area (Å²) in [5.41, 5.74) is 4.16. The first-order chi connectivity index (χ1) is 8.05. The molecule has 0 atom stereocenters. The molecule has 0 saturated heterocycles. The molecule has 4 N–H and O–H groups in total. The molecule has 0 aliphatic rings. The Kier molecular flexibility index (Phi) is 5.61. The summed E-state index contributed by atoms with van der Waals surface area (Å²) in [6.07, 6.45) is -0.207. The van der Waals surface area contributed by atoms with Crippen LogP contribution in [0.3, 0.4) is 0 Å². The Balaban J connectivity index is 4.69. The predicted molar refractivity (Wildman–Crippen MR) is 65.9 cm³/mol. The summed E-state index contributed by atoms with van der Waals surface area (Å²) in [6.45, 7) is 6.48. The van der Waals surface area contributed by atoms with Gasteiger partial charge in [-0.25, -0.2) is 4.79 Å². The third kappa shape index (κ3) is 6.07. The number of carbonyl (C=O) groups is 3. The maximum atomic E-state index is 11.9. The van der Waals surface area contributed by atoms with Gasteiger partial charge in [0.05, 0.1) is 6.42 Å². The van der Waals surface area contributed by atoms with Crippen molar-refractivity contribution in [2.24, 2.45) is 5.73 Å². The van der Waals surface area contributed by atoms with E-state index in [1.807, 2.05) is 0 Å². The lowest BCUT2D eigenvalue weighted by atomic mass is 10.0. The lowest BCUT2D eigenvalue weighted by molar-refractivity contribution is -0.138. The number of rotatable bonds is 6. The van der Waals surface area contributed by atoms with Crippen molar-refractivity contribution < 1.29 is 19.5 Å². The smallest absolute Gasteiger partial charge is 0.318 e. The Labute approximate surface area is 106 Å². The van der Waals surface area contributed by atoms with Gasteiger partial charge < -0.3 is 21.1 Å². The molecule has 0 heterocycles. The molecule has 7 nitrogen and oxygen atoms in total. The van der Waals surface area contributed by atoms with Gasteiger partial charge in [-0.05, 0) is 27.7 Å². The molecular weight excluding hydrogens is 238 g/mol. The number of primary amides is 1. The molecule has 0 rings (SSSR count). The molecular formula is C11H21N3O4. The number of hydrogen-bond acceptors (Lipinski definition) is 3. The molecule has 0 unspecified atom stereocenters. The molecule has 0 aromatic heterocycles. The lowest BCUT2D eigenvalue weighted by Crippen LogP contribution is -2.54. The van der Waals surface area contributed by atoms with Gasteiger partial charge in [0.15, 0.2) is 0 Å². The van der Waals surface area contributed by atoms with Crippen LogP contribution in [0.1, 0.15) is 34.1 Å². The summed E-state index contributed by atoms with van der Waals surface area (Å²) >= 11 is 0. The molecule has 0 aliphatic heterocycles. The largest absolute Gasteiger partial charge is 0.481 e. The first-order valence-corrected chi connectivity index (χ1v) is 5.64. The highest BCUT2D eigenvalue weighted by Gasteiger charge is 2.27. The number of carboxylic acids is 1. The van der Waals surface area contributed by atoms with Crippen molar-refractivity contribution in [3.63, 3.8) is 0 Å². The van der Waals surface area contributed by atoms with Gasteiger partial charge >= 0.3 is 12.0 Å². The minimum Gasteiger partial charge on any atom is -0.481 e. The Hall–Kier alpha value is -1.79. The molecule has 0 aliphatic carbocycles. The normalized spacial score (nSPS) is 11.2. The van der Waals surface area contributed by atoms with Crippen molar-refractivity contribution in [2.45, 2.75) is 45.7 Å². The van der Waals surface area contributed by atoms with Crippen LogP contribution in [0.5, 0.6) is 0 Å². The summed E-state index contributed by atoms with van der Waals surface area (Å²) in [5, 5.41) is 11.3. The van der Waals surface area contributed by atoms with E-state index in [4.69, 9.17) is 10.8 Å². The second-order valence-corrected chi connectivity index (χ2v) is 5.07. The minimum absolute atomic E-state index is 0.202. The third-order valence-corrected chi connectivity index (χ3v) is 2.25. The van der Waals surface area contributed by atoms with Crippen molar-refractivity contribution in [3.05, 3.63) is 0 Å². The molecule has 0 spiro atoms. The lowest BCUT2D eigenvalue weighted by Gasteiger charge is -2.31. The summed E-state index contributed by atoms with van der Waals surface area (Å²) < 4.78 is 0. The van der Waals surface area contributed by atoms with Gasteiger partial charge in [-0.3, -0.25) is 9.59 Å². The zero-order valence-corrected chi connectivity index (χ0v) is 11.2. The number of aliphatic carboxylic acids is 1. The molecule has 104 valence electrons. The van der Waals surface area contributed by atoms with Crippen molar-refractivity contribution in [1.29, 1.82) is 0 Å². The Morgan fingerprint density at radius 1 is 1.33 bits per heavy atom. The quantitative estimate of drug-likeness (QED) is 0.630. The predicted octanol–water partition coefficient (Wildman–Crippen LogP) is 0.145. The number of amides is 3. The summed E-state index contributed by atoms with van der Waals surface area (Å²) in [4.78, 5) is 34.7. The highest BCUT2D eigenvalue weighted by Crippen LogP contribution is 2.10. The fourth-order valence-electron chi connectivity index (χ4n) is 1.44. The van der Waals surface area contributed by atoms with Crippen LogP contribution >= 0.6 is 0 Å². The zero-order chi connectivity index (χ0) is 14.5. The second kappa shape index (κ2) is 6.23. The summed E-state index contributed by atoms with van der Waals surface area (Å²) in [7, 11) is 0. The van der Waals surface area contributed by atoms with Gasteiger partial charge in [-0.2, -0.15) is 0 Å². The van der Waals surface area contributed by atoms with Gasteiger partial charge in [0.25, 0.3) is 0 Å². The van der Waals surface area contributed by atoms with E-state index in [0.717, 1.165) is 0 Å². The Bertz CT molecular complexity index is 339. The fraction of sp³-hybridized carbons (Fsp3) is 0.727. The SMILES string of the molecule is CC(C)N(CC(N)=O)C(=O)NC(C)(C)CC(=O)O. The van der Waals surface area contributed by atoms with Gasteiger partial charge in [-0.1, -0.05) is 0 Å².